The summed E-state index contributed by atoms with van der Waals surface area (Å²) in [4.78, 5) is 0. The number of nitrogens with one attached hydrogen (secondary N) is 1. The molecule has 2 N–H and O–H groups in total. The fourth-order valence-electron chi connectivity index (χ4n) is 1.16. The molecule has 0 amide bonds. The number of hydrogen-bond acceptors (Lipinski definition) is 2. The Morgan fingerprint density at radius 1 is 1.15 bits per heavy atom. The molecule has 0 aromatic heterocycles. The van der Waals surface area contributed by atoms with Crippen molar-refractivity contribution in [2.45, 2.75) is 59.6 Å². The van der Waals surface area contributed by atoms with Gasteiger partial charge in [-0.15, -0.1) is 0 Å². The number of aliphatic hydroxyl groups excluding tert-OH is 1. The third-order valence-electron chi connectivity index (χ3n) is 2.59. The molecule has 80 valence electrons. The summed E-state index contributed by atoms with van der Waals surface area (Å²) in [5.41, 5.74) is -0.0148. The molecule has 2 heteroatoms. The first-order valence-corrected chi connectivity index (χ1v) is 5.33. The van der Waals surface area contributed by atoms with E-state index in [0.29, 0.717) is 12.6 Å². The lowest BCUT2D eigenvalue weighted by molar-refractivity contribution is 0.0602. The van der Waals surface area contributed by atoms with Crippen LogP contribution in [0.1, 0.15) is 47.5 Å². The monoisotopic (exact) mass is 187 g/mol. The van der Waals surface area contributed by atoms with E-state index >= 15 is 0 Å². The van der Waals surface area contributed by atoms with Gasteiger partial charge in [-0.05, 0) is 18.3 Å². The molecule has 2 nitrogen and oxygen atoms in total. The largest absolute Gasteiger partial charge is 0.391 e. The van der Waals surface area contributed by atoms with Crippen LogP contribution in [0, 0.1) is 5.41 Å². The molecule has 0 aliphatic heterocycles. The quantitative estimate of drug-likeness (QED) is 0.691. The highest BCUT2D eigenvalue weighted by Gasteiger charge is 2.22. The van der Waals surface area contributed by atoms with Gasteiger partial charge in [0.1, 0.15) is 0 Å². The van der Waals surface area contributed by atoms with Crippen molar-refractivity contribution >= 4 is 0 Å². The average molecular weight is 187 g/mol. The van der Waals surface area contributed by atoms with E-state index in [4.69, 9.17) is 0 Å². The molecule has 0 aliphatic carbocycles. The molecule has 0 saturated carbocycles. The average Bonchev–Trinajstić information content (AvgIpc) is 2.04. The molecule has 0 aliphatic rings. The second kappa shape index (κ2) is 5.61. The van der Waals surface area contributed by atoms with Crippen LogP contribution in [0.3, 0.4) is 0 Å². The Balaban J connectivity index is 3.75. The minimum atomic E-state index is -0.256. The van der Waals surface area contributed by atoms with Crippen LogP contribution in [0.25, 0.3) is 0 Å². The van der Waals surface area contributed by atoms with Crippen molar-refractivity contribution in [2.24, 2.45) is 5.41 Å². The lowest BCUT2D eigenvalue weighted by Gasteiger charge is -2.27. The zero-order chi connectivity index (χ0) is 10.5. The Hall–Kier alpha value is -0.0800. The van der Waals surface area contributed by atoms with Crippen molar-refractivity contribution < 1.29 is 5.11 Å². The van der Waals surface area contributed by atoms with E-state index in [1.54, 1.807) is 0 Å². The summed E-state index contributed by atoms with van der Waals surface area (Å²) in [5, 5.41) is 13.1. The van der Waals surface area contributed by atoms with Gasteiger partial charge in [0.15, 0.2) is 0 Å². The Kier molecular flexibility index (Phi) is 5.57. The maximum absolute atomic E-state index is 9.76. The van der Waals surface area contributed by atoms with Crippen molar-refractivity contribution in [2.75, 3.05) is 6.54 Å². The highest BCUT2D eigenvalue weighted by atomic mass is 16.3. The first-order chi connectivity index (χ1) is 5.91. The summed E-state index contributed by atoms with van der Waals surface area (Å²) in [5.74, 6) is 0. The van der Waals surface area contributed by atoms with Gasteiger partial charge in [-0.3, -0.25) is 0 Å². The molecule has 0 fully saturated rings. The van der Waals surface area contributed by atoms with E-state index in [9.17, 15) is 5.11 Å². The van der Waals surface area contributed by atoms with Crippen LogP contribution >= 0.6 is 0 Å². The summed E-state index contributed by atoms with van der Waals surface area (Å²) in [6, 6.07) is 0.553. The van der Waals surface area contributed by atoms with E-state index in [-0.39, 0.29) is 11.5 Å². The Labute approximate surface area is 82.7 Å². The Bertz CT molecular complexity index is 125. The molecule has 0 aromatic carbocycles. The smallest absolute Gasteiger partial charge is 0.0712 e. The van der Waals surface area contributed by atoms with E-state index in [1.807, 2.05) is 0 Å². The normalized spacial score (nSPS) is 15.0. The fourth-order valence-corrected chi connectivity index (χ4v) is 1.16. The molecule has 1 unspecified atom stereocenters. The van der Waals surface area contributed by atoms with Gasteiger partial charge in [-0.1, -0.05) is 34.6 Å². The van der Waals surface area contributed by atoms with E-state index in [1.165, 1.54) is 0 Å². The van der Waals surface area contributed by atoms with Gasteiger partial charge >= 0.3 is 0 Å². The van der Waals surface area contributed by atoms with Gasteiger partial charge in [0, 0.05) is 12.6 Å². The third-order valence-corrected chi connectivity index (χ3v) is 2.59. The van der Waals surface area contributed by atoms with Crippen LogP contribution in [0.2, 0.25) is 0 Å². The molecule has 0 radical (unpaired) electrons. The first kappa shape index (κ1) is 12.9. The molecule has 0 bridgehead atoms. The molecule has 1 atom stereocenters. The van der Waals surface area contributed by atoms with Gasteiger partial charge in [0.05, 0.1) is 6.10 Å². The highest BCUT2D eigenvalue weighted by Crippen LogP contribution is 2.18. The molecule has 0 spiro atoms. The molecule has 0 saturated heterocycles. The minimum absolute atomic E-state index is 0.0148. The van der Waals surface area contributed by atoms with Gasteiger partial charge < -0.3 is 10.4 Å². The fraction of sp³-hybridized carbons (Fsp3) is 1.00. The molecule has 0 aromatic rings. The zero-order valence-electron chi connectivity index (χ0n) is 9.72. The molecule has 0 rings (SSSR count). The summed E-state index contributed by atoms with van der Waals surface area (Å²) in [7, 11) is 0. The lowest BCUT2D eigenvalue weighted by atomic mass is 9.89. The third kappa shape index (κ3) is 5.27. The van der Waals surface area contributed by atoms with Gasteiger partial charge in [-0.25, -0.2) is 0 Å². The molecular weight excluding hydrogens is 162 g/mol. The van der Waals surface area contributed by atoms with Crippen LogP contribution in [0.15, 0.2) is 0 Å². The van der Waals surface area contributed by atoms with Crippen LogP contribution in [-0.2, 0) is 0 Å². The maximum Gasteiger partial charge on any atom is 0.0712 e. The van der Waals surface area contributed by atoms with Crippen LogP contribution in [0.5, 0.6) is 0 Å². The highest BCUT2D eigenvalue weighted by molar-refractivity contribution is 4.76. The lowest BCUT2D eigenvalue weighted by Crippen LogP contribution is -2.40. The topological polar surface area (TPSA) is 32.3 Å². The minimum Gasteiger partial charge on any atom is -0.391 e. The SMILES string of the molecule is CCC(CC)NCC(O)C(C)(C)C. The van der Waals surface area contributed by atoms with Crippen LogP contribution < -0.4 is 5.32 Å². The summed E-state index contributed by atoms with van der Waals surface area (Å²) >= 11 is 0. The van der Waals surface area contributed by atoms with Crippen molar-refractivity contribution in [3.63, 3.8) is 0 Å². The van der Waals surface area contributed by atoms with Crippen molar-refractivity contribution in [1.82, 2.24) is 5.32 Å². The number of aliphatic hydroxyl groups is 1. The van der Waals surface area contributed by atoms with Crippen molar-refractivity contribution in [3.05, 3.63) is 0 Å². The maximum atomic E-state index is 9.76. The summed E-state index contributed by atoms with van der Waals surface area (Å²) in [6.45, 7) is 11.2. The van der Waals surface area contributed by atoms with Crippen molar-refractivity contribution in [3.8, 4) is 0 Å². The summed E-state index contributed by atoms with van der Waals surface area (Å²) in [6.07, 6.45) is 2.01. The molecular formula is C11H25NO. The molecule has 13 heavy (non-hydrogen) atoms. The second-order valence-corrected chi connectivity index (χ2v) is 4.80. The predicted octanol–water partition coefficient (Wildman–Crippen LogP) is 2.17. The predicted molar refractivity (Wildman–Crippen MR) is 57.8 cm³/mol. The number of rotatable bonds is 5. The standard InChI is InChI=1S/C11H25NO/c1-6-9(7-2)12-8-10(13)11(3,4)5/h9-10,12-13H,6-8H2,1-5H3. The Morgan fingerprint density at radius 2 is 1.62 bits per heavy atom. The summed E-state index contributed by atoms with van der Waals surface area (Å²) < 4.78 is 0. The Morgan fingerprint density at radius 3 is 1.92 bits per heavy atom. The van der Waals surface area contributed by atoms with E-state index in [2.05, 4.69) is 39.9 Å². The second-order valence-electron chi connectivity index (χ2n) is 4.80. The van der Waals surface area contributed by atoms with Gasteiger partial charge in [0.2, 0.25) is 0 Å². The molecule has 0 heterocycles. The van der Waals surface area contributed by atoms with Crippen molar-refractivity contribution in [1.29, 1.82) is 0 Å². The van der Waals surface area contributed by atoms with E-state index < -0.39 is 0 Å². The van der Waals surface area contributed by atoms with Gasteiger partial charge in [-0.2, -0.15) is 0 Å². The first-order valence-electron chi connectivity index (χ1n) is 5.33. The van der Waals surface area contributed by atoms with Crippen LogP contribution in [0.4, 0.5) is 0 Å². The van der Waals surface area contributed by atoms with Crippen LogP contribution in [-0.4, -0.2) is 23.8 Å². The van der Waals surface area contributed by atoms with E-state index in [0.717, 1.165) is 12.8 Å². The van der Waals surface area contributed by atoms with Gasteiger partial charge in [0.25, 0.3) is 0 Å². The zero-order valence-corrected chi connectivity index (χ0v) is 9.72. The number of hydrogen-bond donors (Lipinski definition) is 2.